The Balaban J connectivity index is 2.08. The Morgan fingerprint density at radius 1 is 1.19 bits per heavy atom. The van der Waals surface area contributed by atoms with Gasteiger partial charge in [-0.15, -0.1) is 10.2 Å². The number of aliphatic hydroxyl groups is 1. The van der Waals surface area contributed by atoms with Gasteiger partial charge in [-0.2, -0.15) is 0 Å². The quantitative estimate of drug-likeness (QED) is 0.850. The van der Waals surface area contributed by atoms with Gasteiger partial charge in [0.1, 0.15) is 13.4 Å². The number of aromatic nitrogens is 3. The van der Waals surface area contributed by atoms with E-state index in [-0.39, 0.29) is 6.61 Å². The van der Waals surface area contributed by atoms with Crippen molar-refractivity contribution in [2.24, 2.45) is 0 Å². The van der Waals surface area contributed by atoms with Gasteiger partial charge < -0.3 is 5.11 Å². The summed E-state index contributed by atoms with van der Waals surface area (Å²) in [6.07, 6.45) is 0.559. The fraction of sp³-hybridized carbons (Fsp3) is 0.286. The maximum Gasteiger partial charge on any atom is 0.181 e. The molecule has 0 aliphatic carbocycles. The van der Waals surface area contributed by atoms with Crippen LogP contribution in [0.2, 0.25) is 0 Å². The average Bonchev–Trinajstić information content (AvgIpc) is 2.77. The summed E-state index contributed by atoms with van der Waals surface area (Å²) >= 11 is 11.2. The molecular weight excluding hydrogens is 398 g/mol. The maximum absolute atomic E-state index is 8.77. The first-order valence-corrected chi connectivity index (χ1v) is 8.15. The lowest BCUT2D eigenvalue weighted by Crippen LogP contribution is -1.88. The van der Waals surface area contributed by atoms with Crippen molar-refractivity contribution in [2.75, 3.05) is 6.61 Å². The van der Waals surface area contributed by atoms with Crippen LogP contribution in [0.4, 0.5) is 0 Å². The molecule has 0 amide bonds. The van der Waals surface area contributed by atoms with Crippen molar-refractivity contribution in [1.29, 1.82) is 0 Å². The molecule has 4 nitrogen and oxygen atoms in total. The standard InChI is InChI=1S/C7H5Br2N3OS3/c8-4-5(9)15-6(10-4)16-7-12-11-3(14-7)1-2-13/h13H,1-2H2. The van der Waals surface area contributed by atoms with Crippen molar-refractivity contribution in [3.05, 3.63) is 13.4 Å². The van der Waals surface area contributed by atoms with E-state index in [2.05, 4.69) is 47.0 Å². The molecule has 2 aromatic rings. The molecule has 0 aromatic carbocycles. The highest BCUT2D eigenvalue weighted by molar-refractivity contribution is 9.13. The van der Waals surface area contributed by atoms with Crippen LogP contribution in [0.25, 0.3) is 0 Å². The molecule has 0 saturated carbocycles. The number of rotatable bonds is 4. The zero-order chi connectivity index (χ0) is 11.5. The number of halogens is 2. The topological polar surface area (TPSA) is 58.9 Å². The summed E-state index contributed by atoms with van der Waals surface area (Å²) in [5, 5.41) is 17.6. The molecule has 0 aliphatic heterocycles. The zero-order valence-electron chi connectivity index (χ0n) is 7.68. The number of nitrogens with zero attached hydrogens (tertiary/aromatic N) is 3. The maximum atomic E-state index is 8.77. The minimum Gasteiger partial charge on any atom is -0.396 e. The van der Waals surface area contributed by atoms with Crippen LogP contribution in [-0.2, 0) is 6.42 Å². The summed E-state index contributed by atoms with van der Waals surface area (Å²) in [6, 6.07) is 0. The van der Waals surface area contributed by atoms with Gasteiger partial charge in [-0.3, -0.25) is 0 Å². The van der Waals surface area contributed by atoms with Gasteiger partial charge in [-0.05, 0) is 43.6 Å². The lowest BCUT2D eigenvalue weighted by molar-refractivity contribution is 0.299. The Kier molecular flexibility index (Phi) is 4.74. The van der Waals surface area contributed by atoms with Crippen LogP contribution in [-0.4, -0.2) is 26.9 Å². The van der Waals surface area contributed by atoms with E-state index in [1.807, 2.05) is 0 Å². The number of hydrogen-bond acceptors (Lipinski definition) is 7. The summed E-state index contributed by atoms with van der Waals surface area (Å²) in [4.78, 5) is 4.30. The second-order valence-corrected chi connectivity index (χ2v) is 8.21. The Hall–Kier alpha value is 0.460. The summed E-state index contributed by atoms with van der Waals surface area (Å²) in [5.41, 5.74) is 0. The minimum atomic E-state index is 0.105. The lowest BCUT2D eigenvalue weighted by Gasteiger charge is -1.87. The molecule has 1 N–H and O–H groups in total. The summed E-state index contributed by atoms with van der Waals surface area (Å²) in [5.74, 6) is 0. The third kappa shape index (κ3) is 3.23. The minimum absolute atomic E-state index is 0.105. The van der Waals surface area contributed by atoms with Crippen molar-refractivity contribution < 1.29 is 5.11 Å². The molecule has 0 bridgehead atoms. The van der Waals surface area contributed by atoms with Crippen molar-refractivity contribution in [2.45, 2.75) is 15.1 Å². The van der Waals surface area contributed by atoms with E-state index < -0.39 is 0 Å². The number of aliphatic hydroxyl groups excluding tert-OH is 1. The van der Waals surface area contributed by atoms with E-state index in [0.717, 1.165) is 22.1 Å². The van der Waals surface area contributed by atoms with Gasteiger partial charge in [0.2, 0.25) is 0 Å². The predicted octanol–water partition coefficient (Wildman–Crippen LogP) is 3.21. The van der Waals surface area contributed by atoms with E-state index in [4.69, 9.17) is 5.11 Å². The Morgan fingerprint density at radius 3 is 2.62 bits per heavy atom. The molecule has 86 valence electrons. The molecule has 0 fully saturated rings. The fourth-order valence-electron chi connectivity index (χ4n) is 0.860. The molecule has 2 heterocycles. The fourth-order valence-corrected chi connectivity index (χ4v) is 5.24. The van der Waals surface area contributed by atoms with Crippen molar-refractivity contribution >= 4 is 66.3 Å². The highest BCUT2D eigenvalue weighted by Crippen LogP contribution is 2.38. The van der Waals surface area contributed by atoms with Gasteiger partial charge in [-0.25, -0.2) is 4.98 Å². The van der Waals surface area contributed by atoms with Crippen LogP contribution < -0.4 is 0 Å². The van der Waals surface area contributed by atoms with Gasteiger partial charge in [0.05, 0.1) is 0 Å². The molecule has 0 radical (unpaired) electrons. The molecule has 0 saturated heterocycles. The van der Waals surface area contributed by atoms with Gasteiger partial charge >= 0.3 is 0 Å². The molecule has 0 atom stereocenters. The molecular formula is C7H5Br2N3OS3. The highest BCUT2D eigenvalue weighted by Gasteiger charge is 2.11. The molecule has 0 aliphatic rings. The van der Waals surface area contributed by atoms with Gasteiger partial charge in [0.25, 0.3) is 0 Å². The van der Waals surface area contributed by atoms with Crippen LogP contribution in [0.5, 0.6) is 0 Å². The van der Waals surface area contributed by atoms with Crippen molar-refractivity contribution in [3.8, 4) is 0 Å². The Labute approximate surface area is 121 Å². The molecule has 2 aromatic heterocycles. The van der Waals surface area contributed by atoms with E-state index in [1.54, 1.807) is 11.3 Å². The molecule has 16 heavy (non-hydrogen) atoms. The van der Waals surface area contributed by atoms with E-state index in [0.29, 0.717) is 6.42 Å². The SMILES string of the molecule is OCCc1nnc(Sc2nc(Br)c(Br)s2)s1. The predicted molar refractivity (Wildman–Crippen MR) is 72.3 cm³/mol. The van der Waals surface area contributed by atoms with Crippen LogP contribution >= 0.6 is 66.3 Å². The van der Waals surface area contributed by atoms with E-state index >= 15 is 0 Å². The monoisotopic (exact) mass is 401 g/mol. The molecule has 9 heteroatoms. The second kappa shape index (κ2) is 5.87. The zero-order valence-corrected chi connectivity index (χ0v) is 13.3. The summed E-state index contributed by atoms with van der Waals surface area (Å²) in [6.45, 7) is 0.105. The first kappa shape index (κ1) is 12.9. The largest absolute Gasteiger partial charge is 0.396 e. The van der Waals surface area contributed by atoms with Crippen LogP contribution in [0.1, 0.15) is 5.01 Å². The average molecular weight is 403 g/mol. The first-order chi connectivity index (χ1) is 7.69. The smallest absolute Gasteiger partial charge is 0.181 e. The van der Waals surface area contributed by atoms with Crippen molar-refractivity contribution in [3.63, 3.8) is 0 Å². The van der Waals surface area contributed by atoms with E-state index in [9.17, 15) is 0 Å². The van der Waals surface area contributed by atoms with Crippen LogP contribution in [0, 0.1) is 0 Å². The third-order valence-corrected chi connectivity index (χ3v) is 6.64. The number of hydrogen-bond donors (Lipinski definition) is 1. The summed E-state index contributed by atoms with van der Waals surface area (Å²) < 4.78 is 3.53. The highest BCUT2D eigenvalue weighted by atomic mass is 79.9. The Morgan fingerprint density at radius 2 is 2.00 bits per heavy atom. The van der Waals surface area contributed by atoms with Crippen LogP contribution in [0.15, 0.2) is 17.1 Å². The molecule has 2 rings (SSSR count). The van der Waals surface area contributed by atoms with Gasteiger partial charge in [0.15, 0.2) is 8.68 Å². The molecule has 0 spiro atoms. The van der Waals surface area contributed by atoms with Gasteiger partial charge in [-0.1, -0.05) is 22.7 Å². The normalized spacial score (nSPS) is 10.9. The van der Waals surface area contributed by atoms with E-state index in [1.165, 1.54) is 23.1 Å². The first-order valence-electron chi connectivity index (χ1n) is 4.12. The van der Waals surface area contributed by atoms with Crippen LogP contribution in [0.3, 0.4) is 0 Å². The van der Waals surface area contributed by atoms with Gasteiger partial charge in [0, 0.05) is 13.0 Å². The second-order valence-electron chi connectivity index (χ2n) is 2.58. The molecule has 0 unspecified atom stereocenters. The number of thiazole rings is 1. The lowest BCUT2D eigenvalue weighted by atomic mass is 10.5. The third-order valence-electron chi connectivity index (χ3n) is 1.48. The van der Waals surface area contributed by atoms with Crippen molar-refractivity contribution in [1.82, 2.24) is 15.2 Å². The summed E-state index contributed by atoms with van der Waals surface area (Å²) in [7, 11) is 0. The Bertz CT molecular complexity index is 467.